The molecule has 0 aliphatic carbocycles. The van der Waals surface area contributed by atoms with Crippen molar-refractivity contribution in [2.24, 2.45) is 0 Å². The van der Waals surface area contributed by atoms with Gasteiger partial charge in [0.15, 0.2) is 0 Å². The van der Waals surface area contributed by atoms with Crippen LogP contribution in [0.4, 0.5) is 14.9 Å². The minimum Gasteiger partial charge on any atom is -0.334 e. The smallest absolute Gasteiger partial charge is 0.326 e. The Morgan fingerprint density at radius 2 is 1.94 bits per heavy atom. The zero-order valence-corrected chi connectivity index (χ0v) is 18.2. The predicted molar refractivity (Wildman–Crippen MR) is 122 cm³/mol. The van der Waals surface area contributed by atoms with Crippen molar-refractivity contribution < 1.29 is 13.7 Å². The topological polar surface area (TPSA) is 71.3 Å². The van der Waals surface area contributed by atoms with E-state index in [1.165, 1.54) is 23.5 Å². The second-order valence-electron chi connectivity index (χ2n) is 7.51. The molecule has 1 aliphatic heterocycles. The summed E-state index contributed by atoms with van der Waals surface area (Å²) in [6.07, 6.45) is 0. The lowest BCUT2D eigenvalue weighted by Crippen LogP contribution is -2.46. The molecule has 0 radical (unpaired) electrons. The second-order valence-corrected chi connectivity index (χ2v) is 8.46. The first-order valence-corrected chi connectivity index (χ1v) is 10.9. The molecular weight excluding hydrogens is 427 g/mol. The average Bonchev–Trinajstić information content (AvgIpc) is 3.45. The van der Waals surface area contributed by atoms with Gasteiger partial charge in [-0.25, -0.2) is 9.18 Å². The molecule has 3 heterocycles. The van der Waals surface area contributed by atoms with Crippen LogP contribution in [0.5, 0.6) is 0 Å². The number of thiophene rings is 1. The number of halogens is 1. The highest BCUT2D eigenvalue weighted by Gasteiger charge is 2.36. The van der Waals surface area contributed by atoms with Gasteiger partial charge in [0.25, 0.3) is 5.89 Å². The molecule has 160 valence electrons. The maximum atomic E-state index is 14.0. The van der Waals surface area contributed by atoms with E-state index in [0.29, 0.717) is 28.3 Å². The van der Waals surface area contributed by atoms with E-state index in [4.69, 9.17) is 4.52 Å². The average molecular weight is 447 g/mol. The molecule has 8 heteroatoms. The number of nitrogens with one attached hydrogen (secondary N) is 1. The molecule has 0 saturated carbocycles. The van der Waals surface area contributed by atoms with Gasteiger partial charge in [-0.3, -0.25) is 4.90 Å². The fraction of sp³-hybridized carbons (Fsp3) is 0.125. The maximum absolute atomic E-state index is 14.0. The highest BCUT2D eigenvalue weighted by Crippen LogP contribution is 2.39. The Hall–Kier alpha value is -3.78. The zero-order chi connectivity index (χ0) is 22.2. The van der Waals surface area contributed by atoms with Gasteiger partial charge in [0, 0.05) is 5.70 Å². The fourth-order valence-electron chi connectivity index (χ4n) is 3.87. The van der Waals surface area contributed by atoms with E-state index in [1.807, 2.05) is 55.6 Å². The number of anilines is 1. The molecule has 4 aromatic rings. The van der Waals surface area contributed by atoms with Crippen molar-refractivity contribution in [1.29, 1.82) is 0 Å². The van der Waals surface area contributed by atoms with Crippen LogP contribution in [0.2, 0.25) is 0 Å². The molecule has 32 heavy (non-hydrogen) atoms. The Balaban J connectivity index is 1.68. The van der Waals surface area contributed by atoms with Crippen LogP contribution in [0, 0.1) is 12.7 Å². The van der Waals surface area contributed by atoms with Gasteiger partial charge in [0.2, 0.25) is 5.82 Å². The molecule has 0 fully saturated rings. The van der Waals surface area contributed by atoms with E-state index < -0.39 is 6.04 Å². The Kier molecular flexibility index (Phi) is 5.07. The molecular formula is C24H19FN4O2S. The third-order valence-corrected chi connectivity index (χ3v) is 6.19. The van der Waals surface area contributed by atoms with Gasteiger partial charge >= 0.3 is 6.03 Å². The molecule has 2 aromatic heterocycles. The van der Waals surface area contributed by atoms with Crippen molar-refractivity contribution in [2.45, 2.75) is 19.9 Å². The van der Waals surface area contributed by atoms with E-state index in [9.17, 15) is 9.18 Å². The summed E-state index contributed by atoms with van der Waals surface area (Å²) in [5.41, 5.74) is 3.58. The van der Waals surface area contributed by atoms with Crippen LogP contribution in [-0.2, 0) is 0 Å². The summed E-state index contributed by atoms with van der Waals surface area (Å²) >= 11 is 1.50. The standard InChI is InChI=1S/C24H19FN4O2S/c1-14-6-3-9-18(12-14)29-15(2)20(23-27-22(28-31-23)19-10-5-11-32-19)21(26-24(29)30)16-7-4-8-17(25)13-16/h3-13,21H,1-2H3,(H,26,30). The largest absolute Gasteiger partial charge is 0.334 e. The highest BCUT2D eigenvalue weighted by atomic mass is 32.1. The van der Waals surface area contributed by atoms with E-state index >= 15 is 0 Å². The van der Waals surface area contributed by atoms with Crippen molar-refractivity contribution in [1.82, 2.24) is 15.5 Å². The van der Waals surface area contributed by atoms with Crippen LogP contribution in [0.3, 0.4) is 0 Å². The van der Waals surface area contributed by atoms with Gasteiger partial charge in [-0.05, 0) is 60.7 Å². The summed E-state index contributed by atoms with van der Waals surface area (Å²) in [6.45, 7) is 3.80. The van der Waals surface area contributed by atoms with Crippen molar-refractivity contribution in [3.63, 3.8) is 0 Å². The Morgan fingerprint density at radius 3 is 2.69 bits per heavy atom. The first-order valence-electron chi connectivity index (χ1n) is 10.0. The van der Waals surface area contributed by atoms with Crippen molar-refractivity contribution in [2.75, 3.05) is 4.90 Å². The normalized spacial score (nSPS) is 16.4. The molecule has 0 spiro atoms. The summed E-state index contributed by atoms with van der Waals surface area (Å²) in [6, 6.07) is 16.7. The third-order valence-electron chi connectivity index (χ3n) is 5.32. The number of benzene rings is 2. The van der Waals surface area contributed by atoms with Crippen LogP contribution in [0.25, 0.3) is 16.3 Å². The van der Waals surface area contributed by atoms with Crippen LogP contribution in [-0.4, -0.2) is 16.2 Å². The van der Waals surface area contributed by atoms with Crippen molar-refractivity contribution >= 4 is 28.6 Å². The molecule has 1 unspecified atom stereocenters. The number of carbonyl (C=O) groups is 1. The minimum atomic E-state index is -0.643. The first-order chi connectivity index (χ1) is 15.5. The molecule has 2 amide bonds. The van der Waals surface area contributed by atoms with Crippen LogP contribution in [0.15, 0.2) is 76.3 Å². The third kappa shape index (κ3) is 3.58. The number of rotatable bonds is 4. The molecule has 1 aliphatic rings. The van der Waals surface area contributed by atoms with Gasteiger partial charge in [0.05, 0.1) is 22.2 Å². The number of nitrogens with zero attached hydrogens (tertiary/aromatic N) is 3. The fourth-order valence-corrected chi connectivity index (χ4v) is 4.52. The lowest BCUT2D eigenvalue weighted by Gasteiger charge is -2.35. The van der Waals surface area contributed by atoms with Gasteiger partial charge in [-0.1, -0.05) is 35.5 Å². The number of urea groups is 1. The number of hydrogen-bond donors (Lipinski definition) is 1. The Bertz CT molecular complexity index is 1330. The molecule has 0 bridgehead atoms. The summed E-state index contributed by atoms with van der Waals surface area (Å²) < 4.78 is 19.7. The lowest BCUT2D eigenvalue weighted by molar-refractivity contribution is 0.244. The Labute approximate surface area is 188 Å². The molecule has 6 nitrogen and oxygen atoms in total. The monoisotopic (exact) mass is 446 g/mol. The number of hydrogen-bond acceptors (Lipinski definition) is 5. The molecule has 5 rings (SSSR count). The summed E-state index contributed by atoms with van der Waals surface area (Å²) in [5.74, 6) is 0.352. The quantitative estimate of drug-likeness (QED) is 0.421. The lowest BCUT2D eigenvalue weighted by atomic mass is 9.94. The number of amides is 2. The van der Waals surface area contributed by atoms with E-state index in [-0.39, 0.29) is 17.7 Å². The first kappa shape index (κ1) is 20.1. The van der Waals surface area contributed by atoms with Crippen LogP contribution >= 0.6 is 11.3 Å². The van der Waals surface area contributed by atoms with Crippen LogP contribution < -0.4 is 10.2 Å². The van der Waals surface area contributed by atoms with Gasteiger partial charge in [0.1, 0.15) is 5.82 Å². The van der Waals surface area contributed by atoms with E-state index in [1.54, 1.807) is 17.0 Å². The molecule has 2 aromatic carbocycles. The predicted octanol–water partition coefficient (Wildman–Crippen LogP) is 5.95. The summed E-state index contributed by atoms with van der Waals surface area (Å²) in [7, 11) is 0. The second kappa shape index (κ2) is 8.05. The molecule has 0 saturated heterocycles. The number of carbonyl (C=O) groups excluding carboxylic acids is 1. The number of allylic oxidation sites excluding steroid dienone is 1. The van der Waals surface area contributed by atoms with Crippen molar-refractivity contribution in [3.05, 3.63) is 94.6 Å². The molecule has 1 N–H and O–H groups in total. The van der Waals surface area contributed by atoms with E-state index in [2.05, 4.69) is 15.5 Å². The van der Waals surface area contributed by atoms with Gasteiger partial charge < -0.3 is 9.84 Å². The number of aromatic nitrogens is 2. The van der Waals surface area contributed by atoms with Crippen molar-refractivity contribution in [3.8, 4) is 10.7 Å². The highest BCUT2D eigenvalue weighted by molar-refractivity contribution is 7.13. The van der Waals surface area contributed by atoms with Gasteiger partial charge in [-0.15, -0.1) is 11.3 Å². The summed E-state index contributed by atoms with van der Waals surface area (Å²) in [4.78, 5) is 20.2. The van der Waals surface area contributed by atoms with Crippen LogP contribution in [0.1, 0.15) is 30.0 Å². The Morgan fingerprint density at radius 1 is 1.09 bits per heavy atom. The van der Waals surface area contributed by atoms with Gasteiger partial charge in [-0.2, -0.15) is 4.98 Å². The number of aryl methyl sites for hydroxylation is 1. The van der Waals surface area contributed by atoms with E-state index in [0.717, 1.165) is 10.4 Å². The zero-order valence-electron chi connectivity index (χ0n) is 17.4. The SMILES string of the molecule is CC1=C(c2nc(-c3cccs3)no2)C(c2cccc(F)c2)NC(=O)N1c1cccc(C)c1. The molecule has 1 atom stereocenters. The maximum Gasteiger partial charge on any atom is 0.326 e. The summed E-state index contributed by atoms with van der Waals surface area (Å²) in [5, 5.41) is 9.05. The minimum absolute atomic E-state index is 0.276.